The number of halogens is 1. The molecule has 1 saturated heterocycles. The Morgan fingerprint density at radius 1 is 1.10 bits per heavy atom. The van der Waals surface area contributed by atoms with Crippen LogP contribution in [0.3, 0.4) is 0 Å². The topological polar surface area (TPSA) is 60.7 Å². The Kier molecular flexibility index (Phi) is 10.9. The minimum absolute atomic E-state index is 0. The second-order valence-corrected chi connectivity index (χ2v) is 8.63. The highest BCUT2D eigenvalue weighted by Gasteiger charge is 2.25. The van der Waals surface area contributed by atoms with Crippen molar-refractivity contribution in [2.24, 2.45) is 18.0 Å². The molecule has 2 unspecified atom stereocenters. The van der Waals surface area contributed by atoms with Gasteiger partial charge in [0.25, 0.3) is 0 Å². The van der Waals surface area contributed by atoms with E-state index >= 15 is 0 Å². The van der Waals surface area contributed by atoms with E-state index in [4.69, 9.17) is 0 Å². The summed E-state index contributed by atoms with van der Waals surface area (Å²) < 4.78 is 1.97. The van der Waals surface area contributed by atoms with E-state index < -0.39 is 0 Å². The third-order valence-electron chi connectivity index (χ3n) is 6.03. The van der Waals surface area contributed by atoms with Gasteiger partial charge in [0.1, 0.15) is 0 Å². The summed E-state index contributed by atoms with van der Waals surface area (Å²) in [4.78, 5) is 9.49. The van der Waals surface area contributed by atoms with Crippen molar-refractivity contribution in [1.29, 1.82) is 0 Å². The van der Waals surface area contributed by atoms with Crippen LogP contribution in [0.2, 0.25) is 0 Å². The van der Waals surface area contributed by atoms with Gasteiger partial charge in [-0.1, -0.05) is 13.8 Å². The largest absolute Gasteiger partial charge is 0.355 e. The highest BCUT2D eigenvalue weighted by atomic mass is 127. The zero-order valence-corrected chi connectivity index (χ0v) is 21.9. The summed E-state index contributed by atoms with van der Waals surface area (Å²) in [7, 11) is 6.07. The zero-order valence-electron chi connectivity index (χ0n) is 19.6. The molecule has 168 valence electrons. The first-order chi connectivity index (χ1) is 13.2. The molecule has 2 N–H and O–H groups in total. The summed E-state index contributed by atoms with van der Waals surface area (Å²) in [6.45, 7) is 16.6. The van der Waals surface area contributed by atoms with Crippen LogP contribution in [0.15, 0.2) is 4.99 Å². The van der Waals surface area contributed by atoms with Gasteiger partial charge in [-0.3, -0.25) is 14.6 Å². The van der Waals surface area contributed by atoms with E-state index in [9.17, 15) is 0 Å². The first kappa shape index (κ1) is 26.2. The molecule has 1 aromatic heterocycles. The molecule has 1 fully saturated rings. The van der Waals surface area contributed by atoms with Gasteiger partial charge in [0.05, 0.1) is 5.69 Å². The highest BCUT2D eigenvalue weighted by molar-refractivity contribution is 14.0. The van der Waals surface area contributed by atoms with Crippen LogP contribution >= 0.6 is 24.0 Å². The van der Waals surface area contributed by atoms with Gasteiger partial charge < -0.3 is 15.5 Å². The standard InChI is InChI=1S/C21H41N7.HI/c1-15(2)20(28-11-9-26(7)10-12-28)14-23-21(22-6)24-16(3)13-19-17(4)25-27(8)18(19)5;/h15-16,20H,9-14H2,1-8H3,(H2,22,23,24);1H. The predicted octanol–water partition coefficient (Wildman–Crippen LogP) is 2.02. The van der Waals surface area contributed by atoms with Gasteiger partial charge in [-0.25, -0.2) is 0 Å². The maximum atomic E-state index is 4.53. The molecule has 29 heavy (non-hydrogen) atoms. The molecular formula is C21H42IN7. The number of aromatic nitrogens is 2. The summed E-state index contributed by atoms with van der Waals surface area (Å²) >= 11 is 0. The molecule has 7 nitrogen and oxygen atoms in total. The van der Waals surface area contributed by atoms with E-state index in [2.05, 4.69) is 72.2 Å². The maximum Gasteiger partial charge on any atom is 0.191 e. The molecule has 2 rings (SSSR count). The number of aryl methyl sites for hydroxylation is 2. The molecule has 8 heteroatoms. The highest BCUT2D eigenvalue weighted by Crippen LogP contribution is 2.15. The summed E-state index contributed by atoms with van der Waals surface area (Å²) in [5.41, 5.74) is 3.69. The number of likely N-dealkylation sites (N-methyl/N-ethyl adjacent to an activating group) is 1. The Labute approximate surface area is 194 Å². The first-order valence-corrected chi connectivity index (χ1v) is 10.6. The number of guanidine groups is 1. The third-order valence-corrected chi connectivity index (χ3v) is 6.03. The van der Waals surface area contributed by atoms with Crippen molar-refractivity contribution < 1.29 is 0 Å². The van der Waals surface area contributed by atoms with E-state index in [-0.39, 0.29) is 30.0 Å². The molecular weight excluding hydrogens is 477 g/mol. The Morgan fingerprint density at radius 3 is 2.21 bits per heavy atom. The van der Waals surface area contributed by atoms with Crippen molar-refractivity contribution in [3.8, 4) is 0 Å². The second kappa shape index (κ2) is 12.1. The van der Waals surface area contributed by atoms with Gasteiger partial charge in [0.15, 0.2) is 5.96 Å². The number of hydrogen-bond acceptors (Lipinski definition) is 4. The maximum absolute atomic E-state index is 4.53. The fraction of sp³-hybridized carbons (Fsp3) is 0.810. The predicted molar refractivity (Wildman–Crippen MR) is 133 cm³/mol. The SMILES string of the molecule is CN=C(NCC(C(C)C)N1CCN(C)CC1)NC(C)Cc1c(C)nn(C)c1C.I. The van der Waals surface area contributed by atoms with E-state index in [0.29, 0.717) is 12.0 Å². The van der Waals surface area contributed by atoms with Gasteiger partial charge in [-0.05, 0) is 45.7 Å². The first-order valence-electron chi connectivity index (χ1n) is 10.6. The van der Waals surface area contributed by atoms with Gasteiger partial charge >= 0.3 is 0 Å². The van der Waals surface area contributed by atoms with Crippen molar-refractivity contribution in [3.63, 3.8) is 0 Å². The monoisotopic (exact) mass is 519 g/mol. The molecule has 0 amide bonds. The molecule has 2 atom stereocenters. The Hall–Kier alpha value is -0.870. The van der Waals surface area contributed by atoms with Crippen molar-refractivity contribution in [1.82, 2.24) is 30.2 Å². The Balaban J connectivity index is 0.00000420. The van der Waals surface area contributed by atoms with E-state index in [1.807, 2.05) is 18.8 Å². The zero-order chi connectivity index (χ0) is 20.8. The van der Waals surface area contributed by atoms with Crippen LogP contribution in [0.1, 0.15) is 37.7 Å². The van der Waals surface area contributed by atoms with Crippen LogP contribution in [0.25, 0.3) is 0 Å². The lowest BCUT2D eigenvalue weighted by molar-refractivity contribution is 0.0900. The Bertz CT molecular complexity index is 648. The number of aliphatic imine (C=N–C) groups is 1. The summed E-state index contributed by atoms with van der Waals surface area (Å²) in [6, 6.07) is 0.805. The van der Waals surface area contributed by atoms with Crippen LogP contribution in [0.5, 0.6) is 0 Å². The molecule has 0 aliphatic carbocycles. The molecule has 0 spiro atoms. The quantitative estimate of drug-likeness (QED) is 0.328. The average Bonchev–Trinajstić information content (AvgIpc) is 2.88. The van der Waals surface area contributed by atoms with Crippen LogP contribution in [0, 0.1) is 19.8 Å². The molecule has 0 radical (unpaired) electrons. The van der Waals surface area contributed by atoms with E-state index in [1.54, 1.807) is 0 Å². The van der Waals surface area contributed by atoms with Crippen molar-refractivity contribution in [2.75, 3.05) is 46.8 Å². The number of nitrogens with one attached hydrogen (secondary N) is 2. The average molecular weight is 520 g/mol. The third kappa shape index (κ3) is 7.40. The van der Waals surface area contributed by atoms with E-state index in [0.717, 1.165) is 50.8 Å². The van der Waals surface area contributed by atoms with Gasteiger partial charge in [-0.2, -0.15) is 5.10 Å². The van der Waals surface area contributed by atoms with E-state index in [1.165, 1.54) is 11.3 Å². The normalized spacial score (nSPS) is 18.4. The lowest BCUT2D eigenvalue weighted by Crippen LogP contribution is -2.55. The number of rotatable bonds is 7. The molecule has 1 aliphatic rings. The smallest absolute Gasteiger partial charge is 0.191 e. The minimum atomic E-state index is 0. The molecule has 1 aromatic rings. The summed E-state index contributed by atoms with van der Waals surface area (Å²) in [5.74, 6) is 1.48. The molecule has 0 aromatic carbocycles. The van der Waals surface area contributed by atoms with Gasteiger partial charge in [0.2, 0.25) is 0 Å². The summed E-state index contributed by atoms with van der Waals surface area (Å²) in [6.07, 6.45) is 0.943. The molecule has 1 aliphatic heterocycles. The summed E-state index contributed by atoms with van der Waals surface area (Å²) in [5, 5.41) is 11.7. The fourth-order valence-corrected chi connectivity index (χ4v) is 4.04. The minimum Gasteiger partial charge on any atom is -0.355 e. The second-order valence-electron chi connectivity index (χ2n) is 8.63. The van der Waals surface area contributed by atoms with Crippen molar-refractivity contribution in [2.45, 2.75) is 53.1 Å². The molecule has 0 bridgehead atoms. The van der Waals surface area contributed by atoms with Crippen LogP contribution in [0.4, 0.5) is 0 Å². The fourth-order valence-electron chi connectivity index (χ4n) is 4.04. The molecule has 0 saturated carbocycles. The van der Waals surface area contributed by atoms with Gasteiger partial charge in [-0.15, -0.1) is 24.0 Å². The molecule has 2 heterocycles. The van der Waals surface area contributed by atoms with Crippen LogP contribution < -0.4 is 10.6 Å². The van der Waals surface area contributed by atoms with Gasteiger partial charge in [0, 0.05) is 64.6 Å². The lowest BCUT2D eigenvalue weighted by Gasteiger charge is -2.40. The van der Waals surface area contributed by atoms with Crippen molar-refractivity contribution in [3.05, 3.63) is 17.0 Å². The number of hydrogen-bond donors (Lipinski definition) is 2. The lowest BCUT2D eigenvalue weighted by atomic mass is 10.0. The number of piperazine rings is 1. The van der Waals surface area contributed by atoms with Crippen LogP contribution in [-0.4, -0.2) is 84.4 Å². The van der Waals surface area contributed by atoms with Crippen LogP contribution in [-0.2, 0) is 13.5 Å². The van der Waals surface area contributed by atoms with Crippen molar-refractivity contribution >= 4 is 29.9 Å². The Morgan fingerprint density at radius 2 is 1.72 bits per heavy atom. The number of nitrogens with zero attached hydrogens (tertiary/aromatic N) is 5.